The number of rotatable bonds is 1. The largest absolute Gasteiger partial charge is 0.387 e. The average Bonchev–Trinajstić information content (AvgIpc) is 2.94. The van der Waals surface area contributed by atoms with Gasteiger partial charge in [-0.2, -0.15) is 5.26 Å². The zero-order valence-corrected chi connectivity index (χ0v) is 9.42. The van der Waals surface area contributed by atoms with E-state index in [1.165, 1.54) is 6.07 Å². The van der Waals surface area contributed by atoms with E-state index in [4.69, 9.17) is 5.26 Å². The van der Waals surface area contributed by atoms with Gasteiger partial charge in [-0.1, -0.05) is 6.07 Å². The van der Waals surface area contributed by atoms with Crippen molar-refractivity contribution in [3.8, 4) is 6.07 Å². The molecule has 0 bridgehead atoms. The first-order chi connectivity index (χ1) is 8.70. The number of halogens is 1. The molecule has 0 aliphatic carbocycles. The molecule has 1 aliphatic heterocycles. The second-order valence-corrected chi connectivity index (χ2v) is 4.34. The number of nitriles is 1. The molecule has 0 saturated heterocycles. The van der Waals surface area contributed by atoms with Gasteiger partial charge in [0, 0.05) is 12.0 Å². The highest BCUT2D eigenvalue weighted by Gasteiger charge is 2.31. The number of hydrogen-bond acceptors (Lipinski definition) is 3. The van der Waals surface area contributed by atoms with Crippen LogP contribution in [-0.2, 0) is 0 Å². The first kappa shape index (κ1) is 10.9. The van der Waals surface area contributed by atoms with Crippen LogP contribution in [0, 0.1) is 17.1 Å². The Balaban J connectivity index is 2.06. The van der Waals surface area contributed by atoms with Crippen LogP contribution in [0.5, 0.6) is 0 Å². The lowest BCUT2D eigenvalue weighted by atomic mass is 10.0. The van der Waals surface area contributed by atoms with Crippen LogP contribution >= 0.6 is 0 Å². The Morgan fingerprint density at radius 1 is 1.50 bits per heavy atom. The van der Waals surface area contributed by atoms with Gasteiger partial charge >= 0.3 is 0 Å². The average molecular weight is 243 g/mol. The lowest BCUT2D eigenvalue weighted by Gasteiger charge is -2.14. The Kier molecular flexibility index (Phi) is 2.39. The van der Waals surface area contributed by atoms with Gasteiger partial charge in [-0.05, 0) is 12.1 Å². The van der Waals surface area contributed by atoms with Gasteiger partial charge in [0.2, 0.25) is 0 Å². The second kappa shape index (κ2) is 3.93. The standard InChI is InChI=1S/C13H10FN3O/c14-10-3-8(5-15)1-2-9(10)11-4-13(18)12-6-16-7-17(11)12/h1-3,6-7,11,13,18H,4H2/t11-,13+/m1/s1. The fourth-order valence-corrected chi connectivity index (χ4v) is 2.42. The SMILES string of the molecule is N#Cc1ccc([C@H]2C[C@H](O)c3cncn32)c(F)c1. The van der Waals surface area contributed by atoms with Crippen molar-refractivity contribution < 1.29 is 9.50 Å². The summed E-state index contributed by atoms with van der Waals surface area (Å²) >= 11 is 0. The predicted molar refractivity (Wildman–Crippen MR) is 61.1 cm³/mol. The number of benzene rings is 1. The Morgan fingerprint density at radius 3 is 3.06 bits per heavy atom. The van der Waals surface area contributed by atoms with Crippen LogP contribution in [-0.4, -0.2) is 14.7 Å². The highest BCUT2D eigenvalue weighted by molar-refractivity contribution is 5.35. The molecule has 0 unspecified atom stereocenters. The van der Waals surface area contributed by atoms with Gasteiger partial charge in [0.1, 0.15) is 5.82 Å². The number of aromatic nitrogens is 2. The molecule has 2 heterocycles. The van der Waals surface area contributed by atoms with E-state index in [-0.39, 0.29) is 6.04 Å². The number of fused-ring (bicyclic) bond motifs is 1. The molecule has 2 atom stereocenters. The molecule has 0 spiro atoms. The summed E-state index contributed by atoms with van der Waals surface area (Å²) in [5.74, 6) is -0.423. The van der Waals surface area contributed by atoms with E-state index in [0.29, 0.717) is 23.2 Å². The van der Waals surface area contributed by atoms with Gasteiger partial charge in [0.25, 0.3) is 0 Å². The quantitative estimate of drug-likeness (QED) is 0.832. The topological polar surface area (TPSA) is 61.8 Å². The fourth-order valence-electron chi connectivity index (χ4n) is 2.42. The van der Waals surface area contributed by atoms with E-state index in [2.05, 4.69) is 4.98 Å². The van der Waals surface area contributed by atoms with Crippen molar-refractivity contribution >= 4 is 0 Å². The normalized spacial score (nSPS) is 21.6. The van der Waals surface area contributed by atoms with Crippen LogP contribution in [0.4, 0.5) is 4.39 Å². The summed E-state index contributed by atoms with van der Waals surface area (Å²) in [4.78, 5) is 3.96. The van der Waals surface area contributed by atoms with Crippen LogP contribution < -0.4 is 0 Å². The van der Waals surface area contributed by atoms with E-state index in [9.17, 15) is 9.50 Å². The molecule has 0 amide bonds. The van der Waals surface area contributed by atoms with Crippen LogP contribution in [0.15, 0.2) is 30.7 Å². The number of aliphatic hydroxyl groups is 1. The third kappa shape index (κ3) is 1.50. The zero-order chi connectivity index (χ0) is 12.7. The lowest BCUT2D eigenvalue weighted by molar-refractivity contribution is 0.175. The summed E-state index contributed by atoms with van der Waals surface area (Å²) in [7, 11) is 0. The molecule has 18 heavy (non-hydrogen) atoms. The lowest BCUT2D eigenvalue weighted by Crippen LogP contribution is -2.07. The number of hydrogen-bond donors (Lipinski definition) is 1. The highest BCUT2D eigenvalue weighted by Crippen LogP contribution is 2.38. The summed E-state index contributed by atoms with van der Waals surface area (Å²) < 4.78 is 15.7. The molecule has 1 aromatic heterocycles. The summed E-state index contributed by atoms with van der Waals surface area (Å²) in [6.07, 6.45) is 2.99. The summed E-state index contributed by atoms with van der Waals surface area (Å²) in [5, 5.41) is 18.6. The third-order valence-electron chi connectivity index (χ3n) is 3.31. The van der Waals surface area contributed by atoms with E-state index >= 15 is 0 Å². The third-order valence-corrected chi connectivity index (χ3v) is 3.31. The van der Waals surface area contributed by atoms with Crippen molar-refractivity contribution in [1.29, 1.82) is 5.26 Å². The minimum absolute atomic E-state index is 0.259. The Morgan fingerprint density at radius 2 is 2.33 bits per heavy atom. The van der Waals surface area contributed by atoms with Crippen molar-refractivity contribution in [1.82, 2.24) is 9.55 Å². The molecule has 3 rings (SSSR count). The highest BCUT2D eigenvalue weighted by atomic mass is 19.1. The maximum Gasteiger partial charge on any atom is 0.129 e. The molecule has 1 N–H and O–H groups in total. The second-order valence-electron chi connectivity index (χ2n) is 4.34. The Labute approximate surface area is 103 Å². The molecule has 5 heteroatoms. The fraction of sp³-hybridized carbons (Fsp3) is 0.231. The van der Waals surface area contributed by atoms with E-state index in [1.54, 1.807) is 29.2 Å². The molecular formula is C13H10FN3O. The van der Waals surface area contributed by atoms with Gasteiger partial charge < -0.3 is 9.67 Å². The summed E-state index contributed by atoms with van der Waals surface area (Å²) in [6, 6.07) is 6.04. The Hall–Kier alpha value is -2.19. The zero-order valence-electron chi connectivity index (χ0n) is 9.42. The van der Waals surface area contributed by atoms with Crippen molar-refractivity contribution in [2.75, 3.05) is 0 Å². The molecule has 0 radical (unpaired) electrons. The van der Waals surface area contributed by atoms with Gasteiger partial charge in [0.15, 0.2) is 0 Å². The van der Waals surface area contributed by atoms with Crippen LogP contribution in [0.2, 0.25) is 0 Å². The van der Waals surface area contributed by atoms with Crippen LogP contribution in [0.1, 0.15) is 35.4 Å². The first-order valence-electron chi connectivity index (χ1n) is 5.60. The summed E-state index contributed by atoms with van der Waals surface area (Å²) in [5.41, 5.74) is 1.47. The van der Waals surface area contributed by atoms with E-state index in [1.807, 2.05) is 6.07 Å². The van der Waals surface area contributed by atoms with E-state index < -0.39 is 11.9 Å². The molecular weight excluding hydrogens is 233 g/mol. The first-order valence-corrected chi connectivity index (χ1v) is 5.60. The van der Waals surface area contributed by atoms with Crippen molar-refractivity contribution in [2.45, 2.75) is 18.6 Å². The maximum atomic E-state index is 13.9. The molecule has 90 valence electrons. The molecule has 4 nitrogen and oxygen atoms in total. The number of nitrogens with zero attached hydrogens (tertiary/aromatic N) is 3. The molecule has 1 aliphatic rings. The van der Waals surface area contributed by atoms with Gasteiger partial charge in [-0.15, -0.1) is 0 Å². The smallest absolute Gasteiger partial charge is 0.129 e. The maximum absolute atomic E-state index is 13.9. The summed E-state index contributed by atoms with van der Waals surface area (Å²) in [6.45, 7) is 0. The van der Waals surface area contributed by atoms with Crippen molar-refractivity contribution in [2.24, 2.45) is 0 Å². The predicted octanol–water partition coefficient (Wildman–Crippen LogP) is 1.92. The Bertz CT molecular complexity index is 644. The van der Waals surface area contributed by atoms with Crippen molar-refractivity contribution in [3.63, 3.8) is 0 Å². The van der Waals surface area contributed by atoms with Gasteiger partial charge in [-0.3, -0.25) is 0 Å². The van der Waals surface area contributed by atoms with Crippen LogP contribution in [0.25, 0.3) is 0 Å². The van der Waals surface area contributed by atoms with Gasteiger partial charge in [0.05, 0.1) is 42.0 Å². The molecule has 0 fully saturated rings. The van der Waals surface area contributed by atoms with Crippen molar-refractivity contribution in [3.05, 3.63) is 53.4 Å². The van der Waals surface area contributed by atoms with Gasteiger partial charge in [-0.25, -0.2) is 9.37 Å². The van der Waals surface area contributed by atoms with Crippen LogP contribution in [0.3, 0.4) is 0 Å². The number of aliphatic hydroxyl groups excluding tert-OH is 1. The number of imidazole rings is 1. The minimum atomic E-state index is -0.618. The molecule has 1 aromatic carbocycles. The molecule has 2 aromatic rings. The molecule has 0 saturated carbocycles. The minimum Gasteiger partial charge on any atom is -0.387 e. The van der Waals surface area contributed by atoms with E-state index in [0.717, 1.165) is 0 Å². The monoisotopic (exact) mass is 243 g/mol.